The Balaban J connectivity index is 5.13. The molecule has 0 aromatic rings. The highest BCUT2D eigenvalue weighted by Crippen LogP contribution is 2.41. The van der Waals surface area contributed by atoms with E-state index in [1.54, 1.807) is 0 Å². The van der Waals surface area contributed by atoms with E-state index >= 15 is 0 Å². The van der Waals surface area contributed by atoms with Gasteiger partial charge in [-0.1, -0.05) is 0 Å². The van der Waals surface area contributed by atoms with E-state index in [1.807, 2.05) is 0 Å². The molecule has 0 aromatic heterocycles. The number of allylic oxidation sites excluding steroid dienone is 1. The van der Waals surface area contributed by atoms with Gasteiger partial charge in [0.25, 0.3) is 6.08 Å². The van der Waals surface area contributed by atoms with Crippen LogP contribution in [0.1, 0.15) is 0 Å². The van der Waals surface area contributed by atoms with Gasteiger partial charge < -0.3 is 0 Å². The molecule has 0 saturated heterocycles. The van der Waals surface area contributed by atoms with Gasteiger partial charge >= 0.3 is 12.4 Å². The molecule has 0 rings (SSSR count). The zero-order valence-electron chi connectivity index (χ0n) is 5.02. The maximum Gasteiger partial charge on any atom is 0.426 e. The standard InChI is InChI=1S/C4F8/c5-2(6)1(3(7,8)9)4(10,11)12. The highest BCUT2D eigenvalue weighted by atomic mass is 19.4. The first-order valence-corrected chi connectivity index (χ1v) is 2.26. The smallest absolute Gasteiger partial charge is 0.173 e. The highest BCUT2D eigenvalue weighted by molar-refractivity contribution is 5.15. The van der Waals surface area contributed by atoms with Crippen LogP contribution in [-0.4, -0.2) is 12.4 Å². The molecule has 0 fully saturated rings. The summed E-state index contributed by atoms with van der Waals surface area (Å²) >= 11 is 0. The highest BCUT2D eigenvalue weighted by Gasteiger charge is 2.54. The first kappa shape index (κ1) is 11.2. The van der Waals surface area contributed by atoms with E-state index in [9.17, 15) is 35.1 Å². The summed E-state index contributed by atoms with van der Waals surface area (Å²) in [5.74, 6) is 0. The van der Waals surface area contributed by atoms with Crippen molar-refractivity contribution in [1.82, 2.24) is 0 Å². The Hall–Kier alpha value is -0.820. The molecule has 0 nitrogen and oxygen atoms in total. The van der Waals surface area contributed by atoms with Gasteiger partial charge in [0.2, 0.25) is 5.57 Å². The second-order valence-electron chi connectivity index (χ2n) is 1.63. The second-order valence-corrected chi connectivity index (χ2v) is 1.63. The van der Waals surface area contributed by atoms with Crippen molar-refractivity contribution in [3.63, 3.8) is 0 Å². The fraction of sp³-hybridized carbons (Fsp3) is 0.500. The van der Waals surface area contributed by atoms with Crippen molar-refractivity contribution in [1.29, 1.82) is 0 Å². The lowest BCUT2D eigenvalue weighted by Crippen LogP contribution is -2.26. The van der Waals surface area contributed by atoms with Crippen LogP contribution in [0.15, 0.2) is 11.7 Å². The second kappa shape index (κ2) is 2.91. The summed E-state index contributed by atoms with van der Waals surface area (Å²) in [6.45, 7) is 0. The quantitative estimate of drug-likeness (QED) is 0.526. The van der Waals surface area contributed by atoms with Crippen LogP contribution in [0, 0.1) is 0 Å². The summed E-state index contributed by atoms with van der Waals surface area (Å²) in [5.41, 5.74) is -3.75. The molecule has 0 atom stereocenters. The monoisotopic (exact) mass is 200 g/mol. The summed E-state index contributed by atoms with van der Waals surface area (Å²) in [7, 11) is 0. The minimum atomic E-state index is -6.07. The lowest BCUT2D eigenvalue weighted by atomic mass is 10.3. The van der Waals surface area contributed by atoms with Gasteiger partial charge in [-0.05, 0) is 0 Å². The fourth-order valence-corrected chi connectivity index (χ4v) is 0.375. The van der Waals surface area contributed by atoms with E-state index < -0.39 is 24.0 Å². The third-order valence-electron chi connectivity index (χ3n) is 0.756. The molecule has 0 amide bonds. The van der Waals surface area contributed by atoms with E-state index in [2.05, 4.69) is 0 Å². The van der Waals surface area contributed by atoms with Crippen molar-refractivity contribution in [3.8, 4) is 0 Å². The molecule has 0 radical (unpaired) electrons. The number of halogens is 8. The molecule has 0 aliphatic rings. The topological polar surface area (TPSA) is 0 Å². The predicted octanol–water partition coefficient (Wildman–Crippen LogP) is 3.26. The SMILES string of the molecule is FC(F)=C(C(F)(F)F)C(F)(F)F. The van der Waals surface area contributed by atoms with E-state index in [0.29, 0.717) is 0 Å². The molecular weight excluding hydrogens is 200 g/mol. The van der Waals surface area contributed by atoms with Crippen LogP contribution >= 0.6 is 0 Å². The molecule has 8 heteroatoms. The van der Waals surface area contributed by atoms with Crippen LogP contribution in [0.2, 0.25) is 0 Å². The first-order chi connectivity index (χ1) is 5.07. The van der Waals surface area contributed by atoms with E-state index in [4.69, 9.17) is 0 Å². The first-order valence-electron chi connectivity index (χ1n) is 2.26. The molecule has 12 heavy (non-hydrogen) atoms. The summed E-state index contributed by atoms with van der Waals surface area (Å²) in [6, 6.07) is 0. The Labute approximate surface area is 60.5 Å². The molecule has 0 spiro atoms. The Morgan fingerprint density at radius 2 is 0.917 bits per heavy atom. The lowest BCUT2D eigenvalue weighted by Gasteiger charge is -2.12. The third-order valence-corrected chi connectivity index (χ3v) is 0.756. The van der Waals surface area contributed by atoms with Gasteiger partial charge in [0.15, 0.2) is 0 Å². The van der Waals surface area contributed by atoms with Crippen molar-refractivity contribution >= 4 is 0 Å². The van der Waals surface area contributed by atoms with E-state index in [1.165, 1.54) is 0 Å². The number of hydrogen-bond donors (Lipinski definition) is 0. The molecule has 0 aromatic carbocycles. The van der Waals surface area contributed by atoms with Gasteiger partial charge in [0.1, 0.15) is 0 Å². The maximum absolute atomic E-state index is 11.2. The van der Waals surface area contributed by atoms with Gasteiger partial charge in [-0.25, -0.2) is 0 Å². The summed E-state index contributed by atoms with van der Waals surface area (Å²) in [5, 5.41) is 0. The zero-order valence-corrected chi connectivity index (χ0v) is 5.02. The van der Waals surface area contributed by atoms with Crippen LogP contribution in [-0.2, 0) is 0 Å². The summed E-state index contributed by atoms with van der Waals surface area (Å²) < 4.78 is 89.5. The van der Waals surface area contributed by atoms with Crippen molar-refractivity contribution in [2.45, 2.75) is 12.4 Å². The lowest BCUT2D eigenvalue weighted by molar-refractivity contribution is -0.176. The normalized spacial score (nSPS) is 13.0. The van der Waals surface area contributed by atoms with E-state index in [0.717, 1.165) is 0 Å². The average Bonchev–Trinajstić information content (AvgIpc) is 1.49. The van der Waals surface area contributed by atoms with Crippen LogP contribution in [0.4, 0.5) is 35.1 Å². The van der Waals surface area contributed by atoms with Gasteiger partial charge in [0, 0.05) is 0 Å². The van der Waals surface area contributed by atoms with Crippen LogP contribution < -0.4 is 0 Å². The molecule has 0 heterocycles. The fourth-order valence-electron chi connectivity index (χ4n) is 0.375. The number of alkyl halides is 6. The molecule has 72 valence electrons. The molecule has 0 saturated carbocycles. The molecule has 0 aliphatic heterocycles. The van der Waals surface area contributed by atoms with Crippen molar-refractivity contribution in [2.75, 3.05) is 0 Å². The number of hydrogen-bond acceptors (Lipinski definition) is 0. The van der Waals surface area contributed by atoms with Gasteiger partial charge in [-0.2, -0.15) is 35.1 Å². The van der Waals surface area contributed by atoms with Gasteiger partial charge in [-0.3, -0.25) is 0 Å². The predicted molar refractivity (Wildman–Crippen MR) is 21.4 cm³/mol. The van der Waals surface area contributed by atoms with Crippen molar-refractivity contribution in [3.05, 3.63) is 11.7 Å². The average molecular weight is 200 g/mol. The zero-order chi connectivity index (χ0) is 10.2. The molecule has 0 N–H and O–H groups in total. The number of rotatable bonds is 0. The van der Waals surface area contributed by atoms with E-state index in [-0.39, 0.29) is 0 Å². The molecule has 0 unspecified atom stereocenters. The van der Waals surface area contributed by atoms with Crippen LogP contribution in [0.5, 0.6) is 0 Å². The maximum atomic E-state index is 11.2. The molecule has 0 aliphatic carbocycles. The van der Waals surface area contributed by atoms with Gasteiger partial charge in [-0.15, -0.1) is 0 Å². The Morgan fingerprint density at radius 3 is 0.917 bits per heavy atom. The van der Waals surface area contributed by atoms with Gasteiger partial charge in [0.05, 0.1) is 0 Å². The third kappa shape index (κ3) is 2.67. The summed E-state index contributed by atoms with van der Waals surface area (Å²) in [6.07, 6.45) is -15.9. The Kier molecular flexibility index (Phi) is 2.71. The Morgan fingerprint density at radius 1 is 0.667 bits per heavy atom. The molecular formula is C4F8. The minimum absolute atomic E-state index is 3.75. The van der Waals surface area contributed by atoms with Crippen molar-refractivity contribution < 1.29 is 35.1 Å². The summed E-state index contributed by atoms with van der Waals surface area (Å²) in [4.78, 5) is 0. The Bertz CT molecular complexity index is 172. The van der Waals surface area contributed by atoms with Crippen molar-refractivity contribution in [2.24, 2.45) is 0 Å². The van der Waals surface area contributed by atoms with Crippen LogP contribution in [0.3, 0.4) is 0 Å². The molecule has 0 bridgehead atoms. The minimum Gasteiger partial charge on any atom is -0.173 e. The van der Waals surface area contributed by atoms with Crippen LogP contribution in [0.25, 0.3) is 0 Å². The largest absolute Gasteiger partial charge is 0.426 e.